The van der Waals surface area contributed by atoms with Gasteiger partial charge in [-0.15, -0.1) is 0 Å². The highest BCUT2D eigenvalue weighted by molar-refractivity contribution is 5.95. The molecular formula is C26H29N3O5. The first kappa shape index (κ1) is 23.7. The topological polar surface area (TPSA) is 121 Å². The van der Waals surface area contributed by atoms with Gasteiger partial charge < -0.3 is 15.2 Å². The second-order valence-electron chi connectivity index (χ2n) is 8.93. The number of hydrogen-bond acceptors (Lipinski definition) is 6. The number of fused-ring (bicyclic) bond motifs is 1. The number of aliphatic hydroxyl groups is 1. The number of carbonyl (C=O) groups excluding carboxylic acids is 2. The number of amides is 2. The van der Waals surface area contributed by atoms with Gasteiger partial charge in [0.25, 0.3) is 5.91 Å². The third kappa shape index (κ3) is 5.52. The predicted molar refractivity (Wildman–Crippen MR) is 126 cm³/mol. The third-order valence-electron chi connectivity index (χ3n) is 6.36. The Bertz CT molecular complexity index is 1170. The molecule has 1 aliphatic rings. The van der Waals surface area contributed by atoms with Crippen molar-refractivity contribution in [2.45, 2.75) is 57.3 Å². The van der Waals surface area contributed by atoms with Crippen LogP contribution in [0.2, 0.25) is 0 Å². The summed E-state index contributed by atoms with van der Waals surface area (Å²) in [5, 5.41) is 22.8. The molecule has 0 unspecified atom stereocenters. The van der Waals surface area contributed by atoms with Crippen molar-refractivity contribution in [3.8, 4) is 5.75 Å². The van der Waals surface area contributed by atoms with Gasteiger partial charge in [-0.25, -0.2) is 5.48 Å². The Morgan fingerprint density at radius 1 is 1.12 bits per heavy atom. The molecular weight excluding hydrogens is 434 g/mol. The zero-order chi connectivity index (χ0) is 24.1. The summed E-state index contributed by atoms with van der Waals surface area (Å²) >= 11 is 0. The van der Waals surface area contributed by atoms with Gasteiger partial charge in [-0.05, 0) is 69.0 Å². The van der Waals surface area contributed by atoms with Crippen LogP contribution in [0.5, 0.6) is 5.75 Å². The molecule has 1 heterocycles. The largest absolute Gasteiger partial charge is 0.489 e. The minimum Gasteiger partial charge on any atom is -0.489 e. The quantitative estimate of drug-likeness (QED) is 0.315. The molecule has 178 valence electrons. The van der Waals surface area contributed by atoms with Crippen LogP contribution in [-0.4, -0.2) is 38.8 Å². The normalized spacial score (nSPS) is 20.0. The molecule has 8 nitrogen and oxygen atoms in total. The smallest absolute Gasteiger partial charge is 0.251 e. The van der Waals surface area contributed by atoms with Crippen LogP contribution in [0.3, 0.4) is 0 Å². The second-order valence-corrected chi connectivity index (χ2v) is 8.93. The first-order chi connectivity index (χ1) is 16.4. The lowest BCUT2D eigenvalue weighted by atomic mass is 9.77. The number of aryl methyl sites for hydroxylation is 1. The van der Waals surface area contributed by atoms with Crippen molar-refractivity contribution in [1.82, 2.24) is 15.8 Å². The molecule has 0 radical (unpaired) electrons. The summed E-state index contributed by atoms with van der Waals surface area (Å²) in [6.07, 6.45) is 1.37. The van der Waals surface area contributed by atoms with E-state index in [0.29, 0.717) is 43.6 Å². The maximum Gasteiger partial charge on any atom is 0.251 e. The van der Waals surface area contributed by atoms with Gasteiger partial charge in [0, 0.05) is 27.7 Å². The van der Waals surface area contributed by atoms with Gasteiger partial charge in [0.15, 0.2) is 0 Å². The molecule has 3 aromatic rings. The van der Waals surface area contributed by atoms with Gasteiger partial charge in [0.1, 0.15) is 12.4 Å². The molecule has 0 spiro atoms. The lowest BCUT2D eigenvalue weighted by Crippen LogP contribution is -2.53. The summed E-state index contributed by atoms with van der Waals surface area (Å²) in [4.78, 5) is 29.3. The fourth-order valence-electron chi connectivity index (χ4n) is 4.54. The molecule has 0 atom stereocenters. The Kier molecular flexibility index (Phi) is 7.09. The fourth-order valence-corrected chi connectivity index (χ4v) is 4.54. The first-order valence-electron chi connectivity index (χ1n) is 11.4. The Morgan fingerprint density at radius 2 is 1.82 bits per heavy atom. The lowest BCUT2D eigenvalue weighted by molar-refractivity contribution is -0.131. The van der Waals surface area contributed by atoms with E-state index in [4.69, 9.17) is 9.94 Å². The third-order valence-corrected chi connectivity index (χ3v) is 6.36. The van der Waals surface area contributed by atoms with Crippen molar-refractivity contribution in [2.75, 3.05) is 0 Å². The summed E-state index contributed by atoms with van der Waals surface area (Å²) in [6, 6.07) is 16.8. The van der Waals surface area contributed by atoms with Gasteiger partial charge in [-0.1, -0.05) is 18.2 Å². The SMILES string of the molecule is Cc1cc(COc2ccc(C(=O)N[C@]3(CC(=O)NO)CC[C@H](O)CC3)cc2)c2ccccc2n1. The van der Waals surface area contributed by atoms with Crippen LogP contribution in [0.15, 0.2) is 54.6 Å². The van der Waals surface area contributed by atoms with Crippen LogP contribution in [0.25, 0.3) is 10.9 Å². The average Bonchev–Trinajstić information content (AvgIpc) is 2.84. The van der Waals surface area contributed by atoms with Crippen molar-refractivity contribution < 1.29 is 24.6 Å². The van der Waals surface area contributed by atoms with Crippen molar-refractivity contribution in [1.29, 1.82) is 0 Å². The molecule has 1 aliphatic carbocycles. The van der Waals surface area contributed by atoms with Crippen molar-refractivity contribution >= 4 is 22.7 Å². The van der Waals surface area contributed by atoms with Crippen molar-refractivity contribution in [2.24, 2.45) is 0 Å². The van der Waals surface area contributed by atoms with Crippen LogP contribution < -0.4 is 15.5 Å². The van der Waals surface area contributed by atoms with E-state index in [1.165, 1.54) is 0 Å². The van der Waals surface area contributed by atoms with Crippen LogP contribution in [-0.2, 0) is 11.4 Å². The Labute approximate surface area is 197 Å². The molecule has 1 saturated carbocycles. The maximum absolute atomic E-state index is 12.9. The molecule has 0 saturated heterocycles. The van der Waals surface area contributed by atoms with Crippen LogP contribution in [0.1, 0.15) is 53.7 Å². The van der Waals surface area contributed by atoms with E-state index >= 15 is 0 Å². The number of aromatic nitrogens is 1. The Balaban J connectivity index is 1.43. The molecule has 8 heteroatoms. The number of carbonyl (C=O) groups is 2. The zero-order valence-corrected chi connectivity index (χ0v) is 19.1. The molecule has 2 amide bonds. The van der Waals surface area contributed by atoms with E-state index in [9.17, 15) is 14.7 Å². The number of hydroxylamine groups is 1. The molecule has 4 N–H and O–H groups in total. The zero-order valence-electron chi connectivity index (χ0n) is 19.1. The number of pyridine rings is 1. The molecule has 34 heavy (non-hydrogen) atoms. The number of benzene rings is 2. The van der Waals surface area contributed by atoms with Gasteiger partial charge >= 0.3 is 0 Å². The van der Waals surface area contributed by atoms with Crippen LogP contribution in [0.4, 0.5) is 0 Å². The van der Waals surface area contributed by atoms with Crippen molar-refractivity contribution in [3.63, 3.8) is 0 Å². The second kappa shape index (κ2) is 10.2. The van der Waals surface area contributed by atoms with Crippen molar-refractivity contribution in [3.05, 3.63) is 71.4 Å². The van der Waals surface area contributed by atoms with E-state index in [1.54, 1.807) is 29.7 Å². The van der Waals surface area contributed by atoms with Gasteiger partial charge in [-0.2, -0.15) is 0 Å². The summed E-state index contributed by atoms with van der Waals surface area (Å²) < 4.78 is 5.97. The summed E-state index contributed by atoms with van der Waals surface area (Å²) in [5.41, 5.74) is 4.15. The van der Waals surface area contributed by atoms with E-state index in [0.717, 1.165) is 22.2 Å². The molecule has 1 fully saturated rings. The number of nitrogens with one attached hydrogen (secondary N) is 2. The molecule has 2 aromatic carbocycles. The van der Waals surface area contributed by atoms with Gasteiger partial charge in [-0.3, -0.25) is 19.8 Å². The maximum atomic E-state index is 12.9. The highest BCUT2D eigenvalue weighted by Gasteiger charge is 2.38. The van der Waals surface area contributed by atoms with E-state index in [1.807, 2.05) is 37.3 Å². The Hall–Kier alpha value is -3.49. The standard InChI is InChI=1S/C26H29N3O5/c1-17-14-19(22-4-2-3-5-23(22)27-17)16-34-21-8-6-18(7-9-21)25(32)28-26(15-24(31)29-33)12-10-20(30)11-13-26/h2-9,14,20,30,33H,10-13,15-16H2,1H3,(H,28,32)(H,29,31)/t20-,26+. The minimum absolute atomic E-state index is 0.0531. The van der Waals surface area contributed by atoms with E-state index in [-0.39, 0.29) is 12.3 Å². The number of para-hydroxylation sites is 1. The lowest BCUT2D eigenvalue weighted by Gasteiger charge is -2.39. The average molecular weight is 464 g/mol. The predicted octanol–water partition coefficient (Wildman–Crippen LogP) is 3.42. The summed E-state index contributed by atoms with van der Waals surface area (Å²) in [7, 11) is 0. The molecule has 0 bridgehead atoms. The molecule has 4 rings (SSSR count). The number of aliphatic hydroxyl groups excluding tert-OH is 1. The molecule has 0 aliphatic heterocycles. The summed E-state index contributed by atoms with van der Waals surface area (Å²) in [6.45, 7) is 2.32. The van der Waals surface area contributed by atoms with E-state index in [2.05, 4.69) is 10.3 Å². The fraction of sp³-hybridized carbons (Fsp3) is 0.346. The number of nitrogens with zero attached hydrogens (tertiary/aromatic N) is 1. The Morgan fingerprint density at radius 3 is 2.53 bits per heavy atom. The number of hydrogen-bond donors (Lipinski definition) is 4. The summed E-state index contributed by atoms with van der Waals surface area (Å²) in [5.74, 6) is -0.256. The van der Waals surface area contributed by atoms with Crippen LogP contribution >= 0.6 is 0 Å². The molecule has 1 aromatic heterocycles. The monoisotopic (exact) mass is 463 g/mol. The van der Waals surface area contributed by atoms with Crippen LogP contribution in [0, 0.1) is 6.92 Å². The number of rotatable bonds is 7. The first-order valence-corrected chi connectivity index (χ1v) is 11.4. The minimum atomic E-state index is -0.807. The number of ether oxygens (including phenoxy) is 1. The van der Waals surface area contributed by atoms with Gasteiger partial charge in [0.05, 0.1) is 18.0 Å². The van der Waals surface area contributed by atoms with Gasteiger partial charge in [0.2, 0.25) is 5.91 Å². The van der Waals surface area contributed by atoms with E-state index < -0.39 is 17.6 Å². The highest BCUT2D eigenvalue weighted by atomic mass is 16.5. The highest BCUT2D eigenvalue weighted by Crippen LogP contribution is 2.32.